The van der Waals surface area contributed by atoms with Gasteiger partial charge in [0, 0.05) is 18.8 Å². The molecule has 2 heterocycles. The van der Waals surface area contributed by atoms with E-state index in [1.54, 1.807) is 12.1 Å². The van der Waals surface area contributed by atoms with Gasteiger partial charge in [-0.25, -0.2) is 0 Å². The number of nitrogen functional groups attached to an aromatic ring is 1. The number of morpholine rings is 1. The van der Waals surface area contributed by atoms with Crippen LogP contribution in [0.25, 0.3) is 0 Å². The molecule has 0 aliphatic carbocycles. The average molecular weight is 276 g/mol. The average Bonchev–Trinajstić information content (AvgIpc) is 2.79. The summed E-state index contributed by atoms with van der Waals surface area (Å²) in [4.78, 5) is 14.0. The Morgan fingerprint density at radius 2 is 1.90 bits per heavy atom. The first-order valence-electron chi connectivity index (χ1n) is 7.12. The highest BCUT2D eigenvalue weighted by molar-refractivity contribution is 5.76. The van der Waals surface area contributed by atoms with Crippen molar-refractivity contribution in [2.24, 2.45) is 0 Å². The zero-order chi connectivity index (χ0) is 13.9. The number of carbonyl (C=O) groups excluding carboxylic acids is 1. The van der Waals surface area contributed by atoms with Gasteiger partial charge >= 0.3 is 0 Å². The van der Waals surface area contributed by atoms with Crippen molar-refractivity contribution >= 4 is 11.6 Å². The van der Waals surface area contributed by atoms with Gasteiger partial charge in [0.15, 0.2) is 0 Å². The standard InChI is InChI=1S/C15H20N2O3/c16-11-1-3-12(4-2-11)19-8-7-15(18)17-9-13-5-6-14(10-17)20-13/h1-4,13-14H,5-10,16H2. The minimum Gasteiger partial charge on any atom is -0.493 e. The van der Waals surface area contributed by atoms with Crippen molar-refractivity contribution < 1.29 is 14.3 Å². The third-order valence-corrected chi connectivity index (χ3v) is 3.86. The van der Waals surface area contributed by atoms with Gasteiger partial charge in [-0.05, 0) is 37.1 Å². The first-order chi connectivity index (χ1) is 9.70. The third kappa shape index (κ3) is 3.04. The molecule has 0 saturated carbocycles. The molecule has 5 nitrogen and oxygen atoms in total. The molecule has 2 bridgehead atoms. The molecule has 2 N–H and O–H groups in total. The van der Waals surface area contributed by atoms with E-state index in [-0.39, 0.29) is 18.1 Å². The fourth-order valence-electron chi connectivity index (χ4n) is 2.80. The number of fused-ring (bicyclic) bond motifs is 2. The van der Waals surface area contributed by atoms with E-state index in [2.05, 4.69) is 0 Å². The molecule has 2 aliphatic rings. The van der Waals surface area contributed by atoms with Gasteiger partial charge < -0.3 is 20.1 Å². The monoisotopic (exact) mass is 276 g/mol. The number of nitrogens with zero attached hydrogens (tertiary/aromatic N) is 1. The van der Waals surface area contributed by atoms with Crippen LogP contribution in [0.2, 0.25) is 0 Å². The van der Waals surface area contributed by atoms with Gasteiger partial charge in [-0.15, -0.1) is 0 Å². The summed E-state index contributed by atoms with van der Waals surface area (Å²) in [5, 5.41) is 0. The van der Waals surface area contributed by atoms with Crippen LogP contribution in [-0.2, 0) is 9.53 Å². The number of benzene rings is 1. The predicted molar refractivity (Wildman–Crippen MR) is 75.4 cm³/mol. The molecule has 108 valence electrons. The molecular weight excluding hydrogens is 256 g/mol. The van der Waals surface area contributed by atoms with E-state index in [4.69, 9.17) is 15.2 Å². The van der Waals surface area contributed by atoms with Crippen LogP contribution in [0.4, 0.5) is 5.69 Å². The summed E-state index contributed by atoms with van der Waals surface area (Å²) < 4.78 is 11.3. The van der Waals surface area contributed by atoms with Crippen molar-refractivity contribution in [2.75, 3.05) is 25.4 Å². The molecule has 0 spiro atoms. The quantitative estimate of drug-likeness (QED) is 0.845. The van der Waals surface area contributed by atoms with Crippen LogP contribution in [0.5, 0.6) is 5.75 Å². The molecule has 3 rings (SSSR count). The Morgan fingerprint density at radius 3 is 2.55 bits per heavy atom. The van der Waals surface area contributed by atoms with Crippen LogP contribution in [0.15, 0.2) is 24.3 Å². The number of anilines is 1. The molecular formula is C15H20N2O3. The van der Waals surface area contributed by atoms with Gasteiger partial charge in [-0.2, -0.15) is 0 Å². The van der Waals surface area contributed by atoms with E-state index in [0.717, 1.165) is 31.7 Å². The lowest BCUT2D eigenvalue weighted by atomic mass is 10.2. The number of hydrogen-bond acceptors (Lipinski definition) is 4. The summed E-state index contributed by atoms with van der Waals surface area (Å²) in [5.74, 6) is 0.898. The second-order valence-corrected chi connectivity index (χ2v) is 5.42. The first-order valence-corrected chi connectivity index (χ1v) is 7.12. The van der Waals surface area contributed by atoms with Crippen LogP contribution in [-0.4, -0.2) is 42.7 Å². The van der Waals surface area contributed by atoms with E-state index >= 15 is 0 Å². The minimum atomic E-state index is 0.153. The Hall–Kier alpha value is -1.75. The molecule has 0 radical (unpaired) electrons. The highest BCUT2D eigenvalue weighted by atomic mass is 16.5. The van der Waals surface area contributed by atoms with E-state index in [9.17, 15) is 4.79 Å². The summed E-state index contributed by atoms with van der Waals surface area (Å²) in [6, 6.07) is 7.21. The molecule has 1 amide bonds. The summed E-state index contributed by atoms with van der Waals surface area (Å²) in [6.45, 7) is 1.86. The lowest BCUT2D eigenvalue weighted by Gasteiger charge is -2.32. The molecule has 0 aromatic heterocycles. The summed E-state index contributed by atoms with van der Waals surface area (Å²) >= 11 is 0. The second-order valence-electron chi connectivity index (χ2n) is 5.42. The van der Waals surface area contributed by atoms with Crippen LogP contribution in [0.3, 0.4) is 0 Å². The van der Waals surface area contributed by atoms with Crippen molar-refractivity contribution in [2.45, 2.75) is 31.5 Å². The summed E-state index contributed by atoms with van der Waals surface area (Å²) in [5.41, 5.74) is 6.31. The fraction of sp³-hybridized carbons (Fsp3) is 0.533. The van der Waals surface area contributed by atoms with Crippen LogP contribution in [0, 0.1) is 0 Å². The first kappa shape index (κ1) is 13.2. The maximum absolute atomic E-state index is 12.1. The van der Waals surface area contributed by atoms with Crippen LogP contribution >= 0.6 is 0 Å². The van der Waals surface area contributed by atoms with E-state index < -0.39 is 0 Å². The Bertz CT molecular complexity index is 463. The Balaban J connectivity index is 1.44. The molecule has 1 aromatic carbocycles. The number of nitrogens with two attached hydrogens (primary N) is 1. The Kier molecular flexibility index (Phi) is 3.78. The van der Waals surface area contributed by atoms with Gasteiger partial charge in [0.05, 0.1) is 25.2 Å². The smallest absolute Gasteiger partial charge is 0.226 e. The fourth-order valence-corrected chi connectivity index (χ4v) is 2.80. The molecule has 5 heteroatoms. The second kappa shape index (κ2) is 5.71. The summed E-state index contributed by atoms with van der Waals surface area (Å²) in [6.07, 6.45) is 3.06. The van der Waals surface area contributed by atoms with Gasteiger partial charge in [0.2, 0.25) is 5.91 Å². The van der Waals surface area contributed by atoms with Crippen LogP contribution < -0.4 is 10.5 Å². The third-order valence-electron chi connectivity index (χ3n) is 3.86. The Labute approximate surface area is 118 Å². The van der Waals surface area contributed by atoms with Gasteiger partial charge in [-0.3, -0.25) is 4.79 Å². The molecule has 1 aromatic rings. The van der Waals surface area contributed by atoms with Crippen molar-refractivity contribution in [3.05, 3.63) is 24.3 Å². The van der Waals surface area contributed by atoms with Crippen molar-refractivity contribution in [3.8, 4) is 5.75 Å². The zero-order valence-electron chi connectivity index (χ0n) is 11.5. The van der Waals surface area contributed by atoms with Gasteiger partial charge in [0.25, 0.3) is 0 Å². The van der Waals surface area contributed by atoms with Crippen molar-refractivity contribution in [1.29, 1.82) is 0 Å². The highest BCUT2D eigenvalue weighted by Gasteiger charge is 2.35. The lowest BCUT2D eigenvalue weighted by Crippen LogP contribution is -2.46. The van der Waals surface area contributed by atoms with Crippen molar-refractivity contribution in [3.63, 3.8) is 0 Å². The molecule has 20 heavy (non-hydrogen) atoms. The highest BCUT2D eigenvalue weighted by Crippen LogP contribution is 2.26. The number of hydrogen-bond donors (Lipinski definition) is 1. The molecule has 2 atom stereocenters. The minimum absolute atomic E-state index is 0.153. The Morgan fingerprint density at radius 1 is 1.25 bits per heavy atom. The number of rotatable bonds is 4. The maximum atomic E-state index is 12.1. The zero-order valence-corrected chi connectivity index (χ0v) is 11.5. The number of amides is 1. The number of ether oxygens (including phenoxy) is 2. The van der Waals surface area contributed by atoms with Crippen molar-refractivity contribution in [1.82, 2.24) is 4.90 Å². The predicted octanol–water partition coefficient (Wildman–Crippen LogP) is 1.43. The van der Waals surface area contributed by atoms with Crippen LogP contribution in [0.1, 0.15) is 19.3 Å². The van der Waals surface area contributed by atoms with E-state index in [1.807, 2.05) is 17.0 Å². The molecule has 2 unspecified atom stereocenters. The molecule has 2 fully saturated rings. The topological polar surface area (TPSA) is 64.8 Å². The number of carbonyl (C=O) groups is 1. The molecule has 2 saturated heterocycles. The normalized spacial score (nSPS) is 24.7. The van der Waals surface area contributed by atoms with Gasteiger partial charge in [-0.1, -0.05) is 0 Å². The van der Waals surface area contributed by atoms with E-state index in [0.29, 0.717) is 18.7 Å². The largest absolute Gasteiger partial charge is 0.493 e. The van der Waals surface area contributed by atoms with E-state index in [1.165, 1.54) is 0 Å². The SMILES string of the molecule is Nc1ccc(OCCC(=O)N2CC3CCC(C2)O3)cc1. The lowest BCUT2D eigenvalue weighted by molar-refractivity contribution is -0.140. The number of likely N-dealkylation sites (tertiary alicyclic amines) is 1. The maximum Gasteiger partial charge on any atom is 0.226 e. The van der Waals surface area contributed by atoms with Gasteiger partial charge in [0.1, 0.15) is 5.75 Å². The summed E-state index contributed by atoms with van der Waals surface area (Å²) in [7, 11) is 0. The molecule has 2 aliphatic heterocycles.